The van der Waals surface area contributed by atoms with Crippen LogP contribution in [-0.2, 0) is 30.3 Å². The van der Waals surface area contributed by atoms with Gasteiger partial charge in [-0.2, -0.15) is 12.6 Å². The van der Waals surface area contributed by atoms with Crippen molar-refractivity contribution in [3.63, 3.8) is 0 Å². The Morgan fingerprint density at radius 3 is 2.17 bits per heavy atom. The molecule has 0 aliphatic heterocycles. The molecule has 1 aromatic rings. The molecule has 202 valence electrons. The van der Waals surface area contributed by atoms with Crippen molar-refractivity contribution in [3.05, 3.63) is 29.8 Å². The number of carbonyl (C=O) groups excluding carboxylic acids is 4. The number of unbranched alkanes of at least 4 members (excludes halogenated alkanes) is 4. The minimum Gasteiger partial charge on any atom is -0.467 e. The molecular weight excluding hydrogens is 482 g/mol. The van der Waals surface area contributed by atoms with Gasteiger partial charge in [-0.1, -0.05) is 58.6 Å². The molecule has 9 nitrogen and oxygen atoms in total. The highest BCUT2D eigenvalue weighted by molar-refractivity contribution is 7.80. The zero-order valence-electron chi connectivity index (χ0n) is 21.7. The van der Waals surface area contributed by atoms with E-state index in [1.165, 1.54) is 13.5 Å². The zero-order chi connectivity index (χ0) is 27.1. The van der Waals surface area contributed by atoms with Crippen molar-refractivity contribution in [1.82, 2.24) is 10.6 Å². The quantitative estimate of drug-likeness (QED) is 0.113. The van der Waals surface area contributed by atoms with Crippen molar-refractivity contribution in [2.75, 3.05) is 12.9 Å². The molecule has 0 saturated heterocycles. The van der Waals surface area contributed by atoms with E-state index < -0.39 is 35.9 Å². The van der Waals surface area contributed by atoms with E-state index in [9.17, 15) is 19.2 Å². The number of methoxy groups -OCH3 is 1. The molecule has 0 spiro atoms. The average molecular weight is 524 g/mol. The zero-order valence-corrected chi connectivity index (χ0v) is 22.6. The first-order valence-corrected chi connectivity index (χ1v) is 13.1. The van der Waals surface area contributed by atoms with Crippen molar-refractivity contribution in [2.45, 2.75) is 83.8 Å². The summed E-state index contributed by atoms with van der Waals surface area (Å²) in [6.07, 6.45) is 5.76. The number of rotatable bonds is 16. The lowest BCUT2D eigenvalue weighted by atomic mass is 10.0. The maximum Gasteiger partial charge on any atom is 0.328 e. The molecule has 0 heterocycles. The van der Waals surface area contributed by atoms with Gasteiger partial charge in [-0.3, -0.25) is 14.4 Å². The van der Waals surface area contributed by atoms with E-state index in [0.717, 1.165) is 31.2 Å². The third-order valence-corrected chi connectivity index (χ3v) is 6.06. The molecule has 0 aliphatic carbocycles. The van der Waals surface area contributed by atoms with Crippen LogP contribution in [0.5, 0.6) is 5.75 Å². The average Bonchev–Trinajstić information content (AvgIpc) is 2.86. The number of amides is 2. The summed E-state index contributed by atoms with van der Waals surface area (Å²) in [7, 11) is 1.24. The Balaban J connectivity index is 2.76. The van der Waals surface area contributed by atoms with Crippen LogP contribution in [0.4, 0.5) is 0 Å². The van der Waals surface area contributed by atoms with E-state index in [0.29, 0.717) is 12.2 Å². The maximum absolute atomic E-state index is 12.9. The summed E-state index contributed by atoms with van der Waals surface area (Å²) in [6, 6.07) is 4.02. The predicted octanol–water partition coefficient (Wildman–Crippen LogP) is 2.55. The molecule has 0 fully saturated rings. The van der Waals surface area contributed by atoms with Gasteiger partial charge in [-0.25, -0.2) is 4.79 Å². The summed E-state index contributed by atoms with van der Waals surface area (Å²) >= 11 is 4.01. The van der Waals surface area contributed by atoms with Crippen LogP contribution in [0.1, 0.15) is 64.9 Å². The SMILES string of the molecule is CCCCCCCC(=O)Oc1ccc(C[C@H](NC(=O)[C@@H](NC(=O)[C@@H](N)CS)C(C)C)C(=O)OC)cc1. The molecule has 0 aromatic heterocycles. The molecule has 4 N–H and O–H groups in total. The van der Waals surface area contributed by atoms with E-state index in [4.69, 9.17) is 15.2 Å². The fraction of sp³-hybridized carbons (Fsp3) is 0.615. The van der Waals surface area contributed by atoms with E-state index in [1.54, 1.807) is 38.1 Å². The third kappa shape index (κ3) is 11.4. The monoisotopic (exact) mass is 523 g/mol. The summed E-state index contributed by atoms with van der Waals surface area (Å²) < 4.78 is 10.2. The molecule has 0 bridgehead atoms. The number of carbonyl (C=O) groups is 4. The molecule has 0 aliphatic rings. The van der Waals surface area contributed by atoms with Gasteiger partial charge in [0, 0.05) is 18.6 Å². The summed E-state index contributed by atoms with van der Waals surface area (Å²) in [5.74, 6) is -1.63. The molecule has 1 aromatic carbocycles. The number of benzene rings is 1. The van der Waals surface area contributed by atoms with E-state index >= 15 is 0 Å². The van der Waals surface area contributed by atoms with E-state index in [1.807, 2.05) is 0 Å². The number of nitrogens with one attached hydrogen (secondary N) is 2. The molecule has 10 heteroatoms. The Morgan fingerprint density at radius 2 is 1.61 bits per heavy atom. The Morgan fingerprint density at radius 1 is 0.972 bits per heavy atom. The van der Waals surface area contributed by atoms with Gasteiger partial charge in [-0.05, 0) is 30.0 Å². The first-order chi connectivity index (χ1) is 17.1. The standard InChI is InChI=1S/C26H41N3O6S/c1-5-6-7-8-9-10-22(30)35-19-13-11-18(12-14-19)15-21(26(33)34-4)28-25(32)23(17(2)3)29-24(31)20(27)16-36/h11-14,17,20-21,23,36H,5-10,15-16,27H2,1-4H3,(H,28,32)(H,29,31)/t20-,21-,23-/m0/s1. The number of esters is 2. The summed E-state index contributed by atoms with van der Waals surface area (Å²) in [6.45, 7) is 5.69. The van der Waals surface area contributed by atoms with Crippen LogP contribution in [0, 0.1) is 5.92 Å². The summed E-state index contributed by atoms with van der Waals surface area (Å²) in [4.78, 5) is 49.5. The van der Waals surface area contributed by atoms with Gasteiger partial charge >= 0.3 is 11.9 Å². The largest absolute Gasteiger partial charge is 0.467 e. The maximum atomic E-state index is 12.9. The lowest BCUT2D eigenvalue weighted by Gasteiger charge is -2.25. The lowest BCUT2D eigenvalue weighted by molar-refractivity contribution is -0.145. The Hall–Kier alpha value is -2.59. The minimum atomic E-state index is -0.976. The number of nitrogens with two attached hydrogens (primary N) is 1. The molecule has 0 saturated carbocycles. The first kappa shape index (κ1) is 31.4. The Bertz CT molecular complexity index is 847. The second-order valence-electron chi connectivity index (χ2n) is 9.09. The molecular formula is C26H41N3O6S. The fourth-order valence-electron chi connectivity index (χ4n) is 3.46. The molecule has 3 atom stereocenters. The van der Waals surface area contributed by atoms with Crippen molar-refractivity contribution in [3.8, 4) is 5.75 Å². The second-order valence-corrected chi connectivity index (χ2v) is 9.46. The van der Waals surface area contributed by atoms with E-state index in [2.05, 4.69) is 30.2 Å². The minimum absolute atomic E-state index is 0.132. The molecule has 2 amide bonds. The second kappa shape index (κ2) is 17.0. The van der Waals surface area contributed by atoms with Crippen LogP contribution in [0.25, 0.3) is 0 Å². The molecule has 0 radical (unpaired) electrons. The summed E-state index contributed by atoms with van der Waals surface area (Å²) in [5, 5.41) is 5.29. The summed E-state index contributed by atoms with van der Waals surface area (Å²) in [5.41, 5.74) is 6.43. The van der Waals surface area contributed by atoms with Gasteiger partial charge in [0.05, 0.1) is 13.2 Å². The van der Waals surface area contributed by atoms with Crippen LogP contribution in [0.15, 0.2) is 24.3 Å². The fourth-order valence-corrected chi connectivity index (χ4v) is 3.63. The van der Waals surface area contributed by atoms with Crippen LogP contribution in [0.2, 0.25) is 0 Å². The molecule has 36 heavy (non-hydrogen) atoms. The molecule has 1 rings (SSSR count). The number of thiol groups is 1. The van der Waals surface area contributed by atoms with Gasteiger partial charge in [0.15, 0.2) is 0 Å². The third-order valence-electron chi connectivity index (χ3n) is 5.66. The van der Waals surface area contributed by atoms with Gasteiger partial charge in [0.1, 0.15) is 17.8 Å². The van der Waals surface area contributed by atoms with Crippen molar-refractivity contribution in [2.24, 2.45) is 11.7 Å². The van der Waals surface area contributed by atoms with Gasteiger partial charge in [0.25, 0.3) is 0 Å². The van der Waals surface area contributed by atoms with E-state index in [-0.39, 0.29) is 24.1 Å². The number of ether oxygens (including phenoxy) is 2. The van der Waals surface area contributed by atoms with Crippen LogP contribution < -0.4 is 21.1 Å². The van der Waals surface area contributed by atoms with Crippen molar-refractivity contribution >= 4 is 36.4 Å². The van der Waals surface area contributed by atoms with Crippen LogP contribution in [0.3, 0.4) is 0 Å². The molecule has 0 unspecified atom stereocenters. The predicted molar refractivity (Wildman–Crippen MR) is 142 cm³/mol. The highest BCUT2D eigenvalue weighted by atomic mass is 32.1. The van der Waals surface area contributed by atoms with Gasteiger partial charge in [0.2, 0.25) is 11.8 Å². The Labute approximate surface area is 219 Å². The Kier molecular flexibility index (Phi) is 14.8. The lowest BCUT2D eigenvalue weighted by Crippen LogP contribution is -2.57. The van der Waals surface area contributed by atoms with Crippen molar-refractivity contribution in [1.29, 1.82) is 0 Å². The van der Waals surface area contributed by atoms with Gasteiger partial charge in [-0.15, -0.1) is 0 Å². The van der Waals surface area contributed by atoms with Gasteiger partial charge < -0.3 is 25.8 Å². The number of hydrogen-bond acceptors (Lipinski definition) is 8. The van der Waals surface area contributed by atoms with Crippen molar-refractivity contribution < 1.29 is 28.7 Å². The highest BCUT2D eigenvalue weighted by Crippen LogP contribution is 2.16. The van der Waals surface area contributed by atoms with Crippen LogP contribution in [-0.4, -0.2) is 54.7 Å². The highest BCUT2D eigenvalue weighted by Gasteiger charge is 2.30. The number of hydrogen-bond donors (Lipinski definition) is 4. The topological polar surface area (TPSA) is 137 Å². The van der Waals surface area contributed by atoms with Crippen LogP contribution >= 0.6 is 12.6 Å². The first-order valence-electron chi connectivity index (χ1n) is 12.5. The normalized spacial score (nSPS) is 13.4. The smallest absolute Gasteiger partial charge is 0.328 e.